The molecule has 3 fully saturated rings. The Hall–Kier alpha value is -2.21. The summed E-state index contributed by atoms with van der Waals surface area (Å²) in [5, 5.41) is 0.932. The fourth-order valence-electron chi connectivity index (χ4n) is 6.73. The molecule has 0 atom stereocenters. The smallest absolute Gasteiger partial charge is 0.267 e. The van der Waals surface area contributed by atoms with Crippen LogP contribution < -0.4 is 9.64 Å². The van der Waals surface area contributed by atoms with Gasteiger partial charge >= 0.3 is 0 Å². The number of carbonyl (C=O) groups is 1. The molecule has 5 nitrogen and oxygen atoms in total. The number of hydrogen-bond acceptors (Lipinski definition) is 5. The van der Waals surface area contributed by atoms with Gasteiger partial charge in [-0.25, -0.2) is 0 Å². The fraction of sp³-hybridized carbons (Fsp3) is 0.613. The van der Waals surface area contributed by atoms with Gasteiger partial charge in [0.15, 0.2) is 5.17 Å². The first kappa shape index (κ1) is 26.4. The normalized spacial score (nSPS) is 25.1. The number of amides is 1. The van der Waals surface area contributed by atoms with Gasteiger partial charge in [0.1, 0.15) is 5.75 Å². The first-order valence-electron chi connectivity index (χ1n) is 14.3. The molecular formula is C31H43N3O2S. The number of anilines is 1. The first-order chi connectivity index (χ1) is 17.8. The maximum absolute atomic E-state index is 13.9. The van der Waals surface area contributed by atoms with Crippen molar-refractivity contribution in [2.45, 2.75) is 110 Å². The fourth-order valence-corrected chi connectivity index (χ4v) is 7.83. The van der Waals surface area contributed by atoms with Crippen LogP contribution in [0.4, 0.5) is 5.69 Å². The van der Waals surface area contributed by atoms with E-state index in [0.29, 0.717) is 6.04 Å². The summed E-state index contributed by atoms with van der Waals surface area (Å²) in [6, 6.07) is 4.99. The van der Waals surface area contributed by atoms with Gasteiger partial charge in [0.05, 0.1) is 23.6 Å². The zero-order valence-electron chi connectivity index (χ0n) is 23.3. The molecule has 5 rings (SSSR count). The lowest BCUT2D eigenvalue weighted by atomic mass is 9.87. The highest BCUT2D eigenvalue weighted by Gasteiger charge is 2.39. The summed E-state index contributed by atoms with van der Waals surface area (Å²) >= 11 is 1.58. The Kier molecular flexibility index (Phi) is 7.76. The minimum atomic E-state index is -0.0565. The van der Waals surface area contributed by atoms with Crippen molar-refractivity contribution in [2.75, 3.05) is 18.6 Å². The lowest BCUT2D eigenvalue weighted by Gasteiger charge is -2.43. The minimum Gasteiger partial charge on any atom is -0.496 e. The number of methoxy groups -OCH3 is 1. The monoisotopic (exact) mass is 521 g/mol. The van der Waals surface area contributed by atoms with Crippen molar-refractivity contribution >= 4 is 40.2 Å². The van der Waals surface area contributed by atoms with E-state index in [2.05, 4.69) is 61.8 Å². The molecule has 0 bridgehead atoms. The molecule has 0 aromatic heterocycles. The molecule has 2 heterocycles. The second-order valence-corrected chi connectivity index (χ2v) is 12.6. The highest BCUT2D eigenvalue weighted by Crippen LogP contribution is 2.44. The van der Waals surface area contributed by atoms with Crippen molar-refractivity contribution in [3.05, 3.63) is 34.2 Å². The SMILES string of the molecule is CCN1c2cc(OC)c(/C=C3/SC(=NC4CCCCC4)N(C4CCCCC4)C3=O)cc2C(C)=CC1(C)C. The summed E-state index contributed by atoms with van der Waals surface area (Å²) in [6.45, 7) is 9.81. The zero-order valence-corrected chi connectivity index (χ0v) is 24.1. The van der Waals surface area contributed by atoms with Crippen LogP contribution in [-0.4, -0.2) is 47.3 Å². The van der Waals surface area contributed by atoms with Gasteiger partial charge < -0.3 is 9.64 Å². The molecule has 0 N–H and O–H groups in total. The van der Waals surface area contributed by atoms with Crippen LogP contribution in [0, 0.1) is 0 Å². The maximum atomic E-state index is 13.9. The summed E-state index contributed by atoms with van der Waals surface area (Å²) in [5.41, 5.74) is 4.58. The van der Waals surface area contributed by atoms with Gasteiger partial charge in [0.2, 0.25) is 0 Å². The summed E-state index contributed by atoms with van der Waals surface area (Å²) in [5.74, 6) is 0.931. The summed E-state index contributed by atoms with van der Waals surface area (Å²) in [4.78, 5) is 24.3. The zero-order chi connectivity index (χ0) is 26.2. The molecule has 2 saturated carbocycles. The Morgan fingerprint density at radius 2 is 1.76 bits per heavy atom. The van der Waals surface area contributed by atoms with Crippen molar-refractivity contribution in [3.8, 4) is 5.75 Å². The highest BCUT2D eigenvalue weighted by atomic mass is 32.2. The number of ether oxygens (including phenoxy) is 1. The van der Waals surface area contributed by atoms with E-state index in [1.165, 1.54) is 55.3 Å². The van der Waals surface area contributed by atoms with Gasteiger partial charge in [-0.3, -0.25) is 14.7 Å². The molecular weight excluding hydrogens is 478 g/mol. The van der Waals surface area contributed by atoms with Crippen LogP contribution in [0.15, 0.2) is 28.1 Å². The topological polar surface area (TPSA) is 45.1 Å². The summed E-state index contributed by atoms with van der Waals surface area (Å²) in [6.07, 6.45) is 16.3. The summed E-state index contributed by atoms with van der Waals surface area (Å²) in [7, 11) is 1.73. The van der Waals surface area contributed by atoms with Gasteiger partial charge in [-0.2, -0.15) is 0 Å². The van der Waals surface area contributed by atoms with E-state index in [1.807, 2.05) is 0 Å². The standard InChI is InChI=1S/C31H43N3O2S/c1-6-33-26-19-27(36-5)22(17-25(26)21(2)20-31(33,3)4)18-28-29(35)34(24-15-11-8-12-16-24)30(37-28)32-23-13-9-7-10-14-23/h17-20,23-24H,6-16H2,1-5H3/b28-18+,32-30?. The number of benzene rings is 1. The average molecular weight is 522 g/mol. The van der Waals surface area contributed by atoms with Crippen molar-refractivity contribution in [1.29, 1.82) is 0 Å². The second kappa shape index (κ2) is 10.9. The lowest BCUT2D eigenvalue weighted by molar-refractivity contribution is -0.124. The number of likely N-dealkylation sites (N-methyl/N-ethyl adjacent to an activating group) is 1. The van der Waals surface area contributed by atoms with E-state index < -0.39 is 0 Å². The van der Waals surface area contributed by atoms with Gasteiger partial charge in [-0.15, -0.1) is 0 Å². The number of fused-ring (bicyclic) bond motifs is 1. The molecule has 1 aromatic carbocycles. The molecule has 0 radical (unpaired) electrons. The van der Waals surface area contributed by atoms with Gasteiger partial charge in [0, 0.05) is 35.5 Å². The van der Waals surface area contributed by atoms with Crippen LogP contribution >= 0.6 is 11.8 Å². The molecule has 1 aromatic rings. The molecule has 2 aliphatic carbocycles. The number of aliphatic imine (C=N–C) groups is 1. The van der Waals surface area contributed by atoms with E-state index in [-0.39, 0.29) is 17.5 Å². The molecule has 1 saturated heterocycles. The quantitative estimate of drug-likeness (QED) is 0.373. The van der Waals surface area contributed by atoms with Crippen molar-refractivity contribution in [3.63, 3.8) is 0 Å². The maximum Gasteiger partial charge on any atom is 0.267 e. The number of thioether (sulfide) groups is 1. The van der Waals surface area contributed by atoms with Crippen LogP contribution in [0.1, 0.15) is 103 Å². The number of amidine groups is 1. The molecule has 2 aliphatic heterocycles. The largest absolute Gasteiger partial charge is 0.496 e. The Balaban J connectivity index is 1.53. The van der Waals surface area contributed by atoms with E-state index in [0.717, 1.165) is 53.6 Å². The van der Waals surface area contributed by atoms with Crippen molar-refractivity contribution in [1.82, 2.24) is 4.90 Å². The molecule has 37 heavy (non-hydrogen) atoms. The third-order valence-electron chi connectivity index (χ3n) is 8.58. The molecule has 200 valence electrons. The average Bonchev–Trinajstić information content (AvgIpc) is 3.19. The highest BCUT2D eigenvalue weighted by molar-refractivity contribution is 8.18. The number of carbonyl (C=O) groups excluding carboxylic acids is 1. The van der Waals surface area contributed by atoms with Gasteiger partial charge in [0.25, 0.3) is 5.91 Å². The van der Waals surface area contributed by atoms with Crippen molar-refractivity contribution in [2.24, 2.45) is 4.99 Å². The van der Waals surface area contributed by atoms with Crippen molar-refractivity contribution < 1.29 is 9.53 Å². The van der Waals surface area contributed by atoms with E-state index in [4.69, 9.17) is 9.73 Å². The van der Waals surface area contributed by atoms with Crippen LogP contribution in [0.5, 0.6) is 5.75 Å². The third-order valence-corrected chi connectivity index (χ3v) is 9.57. The van der Waals surface area contributed by atoms with Crippen LogP contribution in [0.25, 0.3) is 11.6 Å². The Labute approximate surface area is 227 Å². The molecule has 6 heteroatoms. The second-order valence-electron chi connectivity index (χ2n) is 11.6. The number of hydrogen-bond donors (Lipinski definition) is 0. The minimum absolute atomic E-state index is 0.0565. The van der Waals surface area contributed by atoms with Crippen LogP contribution in [0.3, 0.4) is 0 Å². The molecule has 0 spiro atoms. The van der Waals surface area contributed by atoms with Gasteiger partial charge in [-0.05, 0) is 82.9 Å². The van der Waals surface area contributed by atoms with E-state index in [1.54, 1.807) is 18.9 Å². The first-order valence-corrected chi connectivity index (χ1v) is 15.1. The molecule has 4 aliphatic rings. The van der Waals surface area contributed by atoms with Crippen LogP contribution in [0.2, 0.25) is 0 Å². The van der Waals surface area contributed by atoms with Crippen LogP contribution in [-0.2, 0) is 4.79 Å². The number of nitrogens with zero attached hydrogens (tertiary/aromatic N) is 3. The molecule has 0 unspecified atom stereocenters. The predicted octanol–water partition coefficient (Wildman–Crippen LogP) is 7.65. The van der Waals surface area contributed by atoms with E-state index in [9.17, 15) is 4.79 Å². The molecule has 1 amide bonds. The number of allylic oxidation sites excluding steroid dienone is 1. The third kappa shape index (κ3) is 5.23. The lowest BCUT2D eigenvalue weighted by Crippen LogP contribution is -2.44. The predicted molar refractivity (Wildman–Crippen MR) is 157 cm³/mol. The Bertz CT molecular complexity index is 1120. The summed E-state index contributed by atoms with van der Waals surface area (Å²) < 4.78 is 5.89. The Morgan fingerprint density at radius 1 is 1.08 bits per heavy atom. The number of rotatable bonds is 5. The van der Waals surface area contributed by atoms with E-state index >= 15 is 0 Å². The van der Waals surface area contributed by atoms with Gasteiger partial charge in [-0.1, -0.05) is 44.6 Å². The Morgan fingerprint density at radius 3 is 2.41 bits per heavy atom.